The number of nitrogens with one attached hydrogen (secondary N) is 1. The van der Waals surface area contributed by atoms with Crippen LogP contribution in [-0.2, 0) is 6.42 Å². The Morgan fingerprint density at radius 2 is 2.05 bits per heavy atom. The van der Waals surface area contributed by atoms with Crippen LogP contribution < -0.4 is 10.1 Å². The zero-order valence-electron chi connectivity index (χ0n) is 13.2. The van der Waals surface area contributed by atoms with Crippen LogP contribution in [0.15, 0.2) is 24.3 Å². The van der Waals surface area contributed by atoms with Gasteiger partial charge >= 0.3 is 0 Å². The van der Waals surface area contributed by atoms with Gasteiger partial charge in [-0.1, -0.05) is 19.1 Å². The molecule has 1 aromatic carbocycles. The maximum absolute atomic E-state index is 9.36. The van der Waals surface area contributed by atoms with Crippen LogP contribution in [0.3, 0.4) is 0 Å². The Morgan fingerprint density at radius 1 is 1.35 bits per heavy atom. The van der Waals surface area contributed by atoms with Crippen molar-refractivity contribution in [1.29, 1.82) is 5.26 Å². The predicted octanol–water partition coefficient (Wildman–Crippen LogP) is 3.69. The lowest BCUT2D eigenvalue weighted by Gasteiger charge is -2.29. The summed E-state index contributed by atoms with van der Waals surface area (Å²) in [6.45, 7) is 10.2. The first-order valence-electron chi connectivity index (χ1n) is 7.33. The quantitative estimate of drug-likeness (QED) is 0.825. The highest BCUT2D eigenvalue weighted by molar-refractivity contribution is 5.28. The number of nitrogens with zero attached hydrogens (tertiary/aromatic N) is 1. The molecule has 2 atom stereocenters. The van der Waals surface area contributed by atoms with Gasteiger partial charge in [0.15, 0.2) is 0 Å². The summed E-state index contributed by atoms with van der Waals surface area (Å²) >= 11 is 0. The van der Waals surface area contributed by atoms with Crippen LogP contribution in [0.4, 0.5) is 0 Å². The molecule has 0 heterocycles. The smallest absolute Gasteiger partial charge is 0.119 e. The van der Waals surface area contributed by atoms with Crippen LogP contribution in [0.1, 0.15) is 46.6 Å². The third kappa shape index (κ3) is 5.22. The Morgan fingerprint density at radius 3 is 2.60 bits per heavy atom. The van der Waals surface area contributed by atoms with Gasteiger partial charge in [0, 0.05) is 12.5 Å². The average molecular weight is 274 g/mol. The van der Waals surface area contributed by atoms with Gasteiger partial charge < -0.3 is 4.74 Å². The number of benzene rings is 1. The molecule has 0 saturated carbocycles. The number of nitriles is 1. The Kier molecular flexibility index (Phi) is 6.04. The van der Waals surface area contributed by atoms with E-state index < -0.39 is 5.54 Å². The van der Waals surface area contributed by atoms with E-state index >= 15 is 0 Å². The molecule has 1 aromatic rings. The highest BCUT2D eigenvalue weighted by Gasteiger charge is 2.27. The van der Waals surface area contributed by atoms with Crippen molar-refractivity contribution in [1.82, 2.24) is 5.32 Å². The summed E-state index contributed by atoms with van der Waals surface area (Å²) in [5, 5.41) is 12.7. The Labute approximate surface area is 123 Å². The highest BCUT2D eigenvalue weighted by Crippen LogP contribution is 2.20. The third-order valence-electron chi connectivity index (χ3n) is 3.19. The molecule has 3 nitrogen and oxygen atoms in total. The van der Waals surface area contributed by atoms with Crippen LogP contribution in [0.25, 0.3) is 0 Å². The van der Waals surface area contributed by atoms with Gasteiger partial charge in [-0.15, -0.1) is 0 Å². The zero-order valence-corrected chi connectivity index (χ0v) is 13.2. The molecule has 0 aromatic heterocycles. The molecule has 2 unspecified atom stereocenters. The van der Waals surface area contributed by atoms with Crippen molar-refractivity contribution >= 4 is 0 Å². The van der Waals surface area contributed by atoms with Crippen molar-refractivity contribution in [2.45, 2.75) is 65.1 Å². The summed E-state index contributed by atoms with van der Waals surface area (Å²) in [6.07, 6.45) is 1.63. The average Bonchev–Trinajstić information content (AvgIpc) is 2.37. The molecule has 0 bridgehead atoms. The maximum Gasteiger partial charge on any atom is 0.119 e. The van der Waals surface area contributed by atoms with E-state index in [4.69, 9.17) is 4.74 Å². The van der Waals surface area contributed by atoms with Crippen molar-refractivity contribution in [3.63, 3.8) is 0 Å². The first-order valence-corrected chi connectivity index (χ1v) is 7.33. The maximum atomic E-state index is 9.36. The van der Waals surface area contributed by atoms with Crippen LogP contribution in [0.2, 0.25) is 0 Å². The number of hydrogen-bond donors (Lipinski definition) is 1. The van der Waals surface area contributed by atoms with Crippen molar-refractivity contribution in [2.24, 2.45) is 0 Å². The van der Waals surface area contributed by atoms with Crippen molar-refractivity contribution < 1.29 is 4.74 Å². The second-order valence-corrected chi connectivity index (χ2v) is 5.88. The fourth-order valence-corrected chi connectivity index (χ4v) is 2.46. The Hall–Kier alpha value is -1.53. The minimum Gasteiger partial charge on any atom is -0.491 e. The summed E-state index contributed by atoms with van der Waals surface area (Å²) in [5.41, 5.74) is 0.703. The van der Waals surface area contributed by atoms with E-state index in [2.05, 4.69) is 30.4 Å². The molecular weight excluding hydrogens is 248 g/mol. The van der Waals surface area contributed by atoms with Gasteiger partial charge in [0.05, 0.1) is 12.2 Å². The first-order chi connectivity index (χ1) is 9.38. The van der Waals surface area contributed by atoms with E-state index in [0.29, 0.717) is 6.42 Å². The molecule has 1 rings (SSSR count). The number of aryl methyl sites for hydroxylation is 1. The van der Waals surface area contributed by atoms with Gasteiger partial charge in [0.1, 0.15) is 11.3 Å². The van der Waals surface area contributed by atoms with Gasteiger partial charge in [-0.3, -0.25) is 5.32 Å². The van der Waals surface area contributed by atoms with E-state index in [1.165, 1.54) is 5.56 Å². The molecule has 0 fully saturated rings. The van der Waals surface area contributed by atoms with Crippen molar-refractivity contribution in [3.8, 4) is 11.8 Å². The molecule has 20 heavy (non-hydrogen) atoms. The third-order valence-corrected chi connectivity index (χ3v) is 3.19. The molecule has 0 aliphatic rings. The normalized spacial score (nSPS) is 15.4. The van der Waals surface area contributed by atoms with E-state index in [1.54, 1.807) is 0 Å². The summed E-state index contributed by atoms with van der Waals surface area (Å²) < 4.78 is 5.94. The monoisotopic (exact) mass is 274 g/mol. The van der Waals surface area contributed by atoms with E-state index in [0.717, 1.165) is 12.2 Å². The molecular formula is C17H26N2O. The molecule has 0 aliphatic heterocycles. The summed E-state index contributed by atoms with van der Waals surface area (Å²) in [7, 11) is 0. The van der Waals surface area contributed by atoms with Crippen molar-refractivity contribution in [3.05, 3.63) is 29.8 Å². The lowest BCUT2D eigenvalue weighted by atomic mass is 9.95. The second-order valence-electron chi connectivity index (χ2n) is 5.88. The summed E-state index contributed by atoms with van der Waals surface area (Å²) in [4.78, 5) is 0. The van der Waals surface area contributed by atoms with Gasteiger partial charge in [-0.05, 0) is 51.8 Å². The predicted molar refractivity (Wildman–Crippen MR) is 82.8 cm³/mol. The van der Waals surface area contributed by atoms with E-state index in [-0.39, 0.29) is 12.1 Å². The fourth-order valence-electron chi connectivity index (χ4n) is 2.46. The second kappa shape index (κ2) is 7.31. The molecule has 110 valence electrons. The molecule has 0 spiro atoms. The van der Waals surface area contributed by atoms with Crippen LogP contribution >= 0.6 is 0 Å². The molecule has 0 radical (unpaired) electrons. The summed E-state index contributed by atoms with van der Waals surface area (Å²) in [5.74, 6) is 0.877. The lowest BCUT2D eigenvalue weighted by Crippen LogP contribution is -2.47. The number of hydrogen-bond acceptors (Lipinski definition) is 3. The van der Waals surface area contributed by atoms with Crippen LogP contribution in [-0.4, -0.2) is 17.7 Å². The van der Waals surface area contributed by atoms with E-state index in [1.807, 2.05) is 39.8 Å². The van der Waals surface area contributed by atoms with Crippen LogP contribution in [0, 0.1) is 11.3 Å². The van der Waals surface area contributed by atoms with Crippen LogP contribution in [0.5, 0.6) is 5.75 Å². The van der Waals surface area contributed by atoms with Gasteiger partial charge in [-0.2, -0.15) is 5.26 Å². The number of ether oxygens (including phenoxy) is 1. The fraction of sp³-hybridized carbons (Fsp3) is 0.588. The topological polar surface area (TPSA) is 45.0 Å². The standard InChI is InChI=1S/C17H26N2O/c1-6-15-8-7-9-16(10-15)20-14(4)11-17(5,12-18)19-13(2)3/h7-10,13-14,19H,6,11H2,1-5H3. The largest absolute Gasteiger partial charge is 0.491 e. The molecule has 1 N–H and O–H groups in total. The zero-order chi connectivity index (χ0) is 15.2. The SMILES string of the molecule is CCc1cccc(OC(C)CC(C)(C#N)NC(C)C)c1. The lowest BCUT2D eigenvalue weighted by molar-refractivity contribution is 0.176. The first kappa shape index (κ1) is 16.5. The van der Waals surface area contributed by atoms with Gasteiger partial charge in [0.25, 0.3) is 0 Å². The minimum absolute atomic E-state index is 0.0157. The van der Waals surface area contributed by atoms with Gasteiger partial charge in [0.2, 0.25) is 0 Å². The van der Waals surface area contributed by atoms with Crippen molar-refractivity contribution in [2.75, 3.05) is 0 Å². The Balaban J connectivity index is 2.66. The van der Waals surface area contributed by atoms with E-state index in [9.17, 15) is 5.26 Å². The van der Waals surface area contributed by atoms with Gasteiger partial charge in [-0.25, -0.2) is 0 Å². The minimum atomic E-state index is -0.560. The molecule has 3 heteroatoms. The number of rotatable bonds is 7. The molecule has 0 aliphatic carbocycles. The Bertz CT molecular complexity index is 464. The summed E-state index contributed by atoms with van der Waals surface area (Å²) in [6, 6.07) is 10.8. The molecule has 0 amide bonds. The highest BCUT2D eigenvalue weighted by atomic mass is 16.5. The molecule has 0 saturated heterocycles.